The van der Waals surface area contributed by atoms with Crippen molar-refractivity contribution < 1.29 is 37.8 Å². The number of carbonyl (C=O) groups is 5. The summed E-state index contributed by atoms with van der Waals surface area (Å²) in [5, 5.41) is 9.02. The molecule has 6 bridgehead atoms. The van der Waals surface area contributed by atoms with Crippen LogP contribution in [0.5, 0.6) is 0 Å². The lowest BCUT2D eigenvalue weighted by molar-refractivity contribution is -0.155. The monoisotopic (exact) mass is 1010 g/mol. The molecule has 6 fully saturated rings. The third kappa shape index (κ3) is 9.52. The van der Waals surface area contributed by atoms with E-state index >= 15 is 14.0 Å². The molecule has 3 N–H and O–H groups in total. The molecule has 7 aliphatic rings. The molecule has 16 heteroatoms. The molecule has 0 radical (unpaired) electrons. The van der Waals surface area contributed by atoms with E-state index in [1.807, 2.05) is 30.0 Å². The average molecular weight is 1010 g/mol. The van der Waals surface area contributed by atoms with Crippen LogP contribution in [0.15, 0.2) is 54.7 Å². The van der Waals surface area contributed by atoms with E-state index in [2.05, 4.69) is 65.7 Å². The molecule has 74 heavy (non-hydrogen) atoms. The van der Waals surface area contributed by atoms with Gasteiger partial charge in [-0.2, -0.15) is 0 Å². The molecular formula is C58H73FN8O7. The summed E-state index contributed by atoms with van der Waals surface area (Å²) < 4.78 is 29.5. The molecule has 2 aromatic heterocycles. The molecule has 2 unspecified atom stereocenters. The van der Waals surface area contributed by atoms with Gasteiger partial charge in [0, 0.05) is 80.4 Å². The third-order valence-corrected chi connectivity index (χ3v) is 17.6. The van der Waals surface area contributed by atoms with E-state index in [1.165, 1.54) is 5.01 Å². The van der Waals surface area contributed by atoms with Crippen LogP contribution in [-0.4, -0.2) is 124 Å². The maximum absolute atomic E-state index is 15.2. The Bertz CT molecular complexity index is 2860. The molecule has 4 saturated heterocycles. The highest BCUT2D eigenvalue weighted by atomic mass is 19.1. The Morgan fingerprint density at radius 1 is 0.973 bits per heavy atom. The third-order valence-electron chi connectivity index (χ3n) is 17.6. The molecule has 2 saturated carbocycles. The van der Waals surface area contributed by atoms with Crippen molar-refractivity contribution in [3.05, 3.63) is 77.1 Å². The molecule has 394 valence electrons. The number of amides is 4. The molecule has 5 aliphatic heterocycles. The number of aryl methyl sites for hydroxylation is 1. The number of hydrazine groups is 1. The SMILES string of the molecule is CCn1c(-c2cccnc2[C@H](C)OC)c2c3cc(ccc31)-c1cc(CF)cc(c1)C[C@H](NC(=O)C(C1CCCC1)N1CC[C@]3(CCN(C(=O)[C@@H]4NC4C4CC4)C3)C1=O)C(=O)N1CCC[C@H](N1)C(=O)OCC(C)(C)C2. The number of esters is 1. The number of methoxy groups -OCH3 is 1. The number of hydrogen-bond acceptors (Lipinski definition) is 10. The lowest BCUT2D eigenvalue weighted by atomic mass is 9.84. The van der Waals surface area contributed by atoms with Crippen molar-refractivity contribution in [1.29, 1.82) is 0 Å². The van der Waals surface area contributed by atoms with E-state index in [4.69, 9.17) is 14.5 Å². The van der Waals surface area contributed by atoms with E-state index in [0.29, 0.717) is 81.9 Å². The number of carbonyl (C=O) groups excluding carboxylic acids is 5. The second-order valence-corrected chi connectivity index (χ2v) is 23.4. The Kier molecular flexibility index (Phi) is 13.7. The highest BCUT2D eigenvalue weighted by Gasteiger charge is 2.58. The first-order valence-electron chi connectivity index (χ1n) is 27.4. The summed E-state index contributed by atoms with van der Waals surface area (Å²) >= 11 is 0. The molecule has 11 rings (SSSR count). The van der Waals surface area contributed by atoms with Crippen LogP contribution in [0.3, 0.4) is 0 Å². The predicted molar refractivity (Wildman–Crippen MR) is 278 cm³/mol. The first kappa shape index (κ1) is 50.4. The van der Waals surface area contributed by atoms with Crippen LogP contribution >= 0.6 is 0 Å². The summed E-state index contributed by atoms with van der Waals surface area (Å²) in [7, 11) is 1.68. The number of likely N-dealkylation sites (tertiary alicyclic amines) is 2. The van der Waals surface area contributed by atoms with Gasteiger partial charge in [-0.1, -0.05) is 44.9 Å². The highest BCUT2D eigenvalue weighted by Crippen LogP contribution is 2.47. The number of ether oxygens (including phenoxy) is 2. The van der Waals surface area contributed by atoms with Crippen molar-refractivity contribution in [3.8, 4) is 22.4 Å². The van der Waals surface area contributed by atoms with Crippen LogP contribution in [-0.2, 0) is 59.5 Å². The zero-order valence-corrected chi connectivity index (χ0v) is 43.7. The van der Waals surface area contributed by atoms with E-state index < -0.39 is 53.4 Å². The van der Waals surface area contributed by atoms with Crippen LogP contribution in [0.1, 0.15) is 120 Å². The van der Waals surface area contributed by atoms with Crippen molar-refractivity contribution >= 4 is 40.5 Å². The quantitative estimate of drug-likeness (QED) is 0.105. The molecule has 7 atom stereocenters. The Hall–Kier alpha value is -5.71. The molecule has 2 aromatic carbocycles. The number of aromatic nitrogens is 2. The first-order valence-corrected chi connectivity index (χ1v) is 27.4. The van der Waals surface area contributed by atoms with Gasteiger partial charge >= 0.3 is 5.97 Å². The topological polar surface area (TPSA) is 177 Å². The number of nitrogens with zero attached hydrogens (tertiary/aromatic N) is 5. The Balaban J connectivity index is 0.952. The molecule has 4 amide bonds. The first-order chi connectivity index (χ1) is 35.7. The van der Waals surface area contributed by atoms with Gasteiger partial charge in [0.05, 0.1) is 29.5 Å². The van der Waals surface area contributed by atoms with Crippen molar-refractivity contribution in [2.75, 3.05) is 39.9 Å². The Morgan fingerprint density at radius 3 is 2.53 bits per heavy atom. The second-order valence-electron chi connectivity index (χ2n) is 23.4. The number of halogens is 1. The number of fused-ring (bicyclic) bond motifs is 6. The summed E-state index contributed by atoms with van der Waals surface area (Å²) in [6.45, 7) is 9.87. The average Bonchev–Trinajstić information content (AvgIpc) is 4.25. The summed E-state index contributed by atoms with van der Waals surface area (Å²) in [6, 6.07) is 13.3. The van der Waals surface area contributed by atoms with Gasteiger partial charge < -0.3 is 29.2 Å². The van der Waals surface area contributed by atoms with Crippen molar-refractivity contribution in [2.45, 2.75) is 154 Å². The van der Waals surface area contributed by atoms with Crippen LogP contribution < -0.4 is 16.1 Å². The maximum Gasteiger partial charge on any atom is 0.324 e. The molecule has 4 aromatic rings. The highest BCUT2D eigenvalue weighted by molar-refractivity contribution is 5.97. The molecule has 7 heterocycles. The van der Waals surface area contributed by atoms with E-state index in [1.54, 1.807) is 24.3 Å². The van der Waals surface area contributed by atoms with Gasteiger partial charge in [0.25, 0.3) is 5.91 Å². The molecular weight excluding hydrogens is 940 g/mol. The zero-order chi connectivity index (χ0) is 51.6. The minimum atomic E-state index is -1.13. The van der Waals surface area contributed by atoms with Crippen molar-refractivity contribution in [2.24, 2.45) is 22.7 Å². The molecule has 1 spiro atoms. The summed E-state index contributed by atoms with van der Waals surface area (Å²) in [5.41, 5.74) is 9.46. The van der Waals surface area contributed by atoms with Gasteiger partial charge in [-0.3, -0.25) is 39.3 Å². The van der Waals surface area contributed by atoms with Gasteiger partial charge in [-0.15, -0.1) is 0 Å². The minimum absolute atomic E-state index is 0.0294. The molecule has 2 aliphatic carbocycles. The largest absolute Gasteiger partial charge is 0.464 e. The fourth-order valence-corrected chi connectivity index (χ4v) is 13.4. The van der Waals surface area contributed by atoms with Crippen LogP contribution in [0.4, 0.5) is 4.39 Å². The van der Waals surface area contributed by atoms with Gasteiger partial charge in [0.1, 0.15) is 30.8 Å². The molecule has 15 nitrogen and oxygen atoms in total. The number of hydrogen-bond donors (Lipinski definition) is 3. The Morgan fingerprint density at radius 2 is 1.77 bits per heavy atom. The normalized spacial score (nSPS) is 27.2. The van der Waals surface area contributed by atoms with Crippen molar-refractivity contribution in [3.63, 3.8) is 0 Å². The summed E-state index contributed by atoms with van der Waals surface area (Å²) in [4.78, 5) is 81.4. The Labute approximate surface area is 433 Å². The maximum atomic E-state index is 15.2. The number of cyclic esters (lactones) is 1. The van der Waals surface area contributed by atoms with Crippen LogP contribution in [0, 0.1) is 22.7 Å². The number of rotatable bonds is 11. The minimum Gasteiger partial charge on any atom is -0.464 e. The fraction of sp³-hybridized carbons (Fsp3) is 0.586. The second kappa shape index (κ2) is 20.1. The lowest BCUT2D eigenvalue weighted by Crippen LogP contribution is -2.62. The zero-order valence-electron chi connectivity index (χ0n) is 43.7. The number of pyridine rings is 1. The summed E-state index contributed by atoms with van der Waals surface area (Å²) in [5.74, 6) is -0.839. The summed E-state index contributed by atoms with van der Waals surface area (Å²) in [6.07, 6.45) is 9.87. The van der Waals surface area contributed by atoms with Crippen molar-refractivity contribution in [1.82, 2.24) is 40.4 Å². The van der Waals surface area contributed by atoms with E-state index in [9.17, 15) is 14.4 Å². The van der Waals surface area contributed by atoms with Gasteiger partial charge in [-0.25, -0.2) is 9.82 Å². The predicted octanol–water partition coefficient (Wildman–Crippen LogP) is 6.98. The lowest BCUT2D eigenvalue weighted by Gasteiger charge is -2.37. The van der Waals surface area contributed by atoms with E-state index in [-0.39, 0.29) is 48.9 Å². The fourth-order valence-electron chi connectivity index (χ4n) is 13.4. The smallest absolute Gasteiger partial charge is 0.324 e. The van der Waals surface area contributed by atoms with Crippen LogP contribution in [0.25, 0.3) is 33.3 Å². The number of alkyl halides is 1. The number of nitrogens with one attached hydrogen (secondary N) is 3. The van der Waals surface area contributed by atoms with Gasteiger partial charge in [-0.05, 0) is 142 Å². The van der Waals surface area contributed by atoms with Gasteiger partial charge in [0.15, 0.2) is 0 Å². The number of benzene rings is 2. The van der Waals surface area contributed by atoms with E-state index in [0.717, 1.165) is 83.1 Å². The van der Waals surface area contributed by atoms with Crippen LogP contribution in [0.2, 0.25) is 0 Å². The van der Waals surface area contributed by atoms with Gasteiger partial charge in [0.2, 0.25) is 17.7 Å². The standard InChI is InChI=1S/C58H73FN8O7/c1-6-65-46-18-17-39-29-42(46)43(51(65)41-13-9-21-60-47(41)34(2)73-5)30-57(3,4)33-74-55(71)44-14-10-22-67(63-44)53(69)45(28-35-25-36(31-59)27-40(39)26-35)61-52(68)50(38-11-7-8-12-38)66-24-20-58(56(66)72)19-23-64(32-58)54(70)49-48(62-49)37-15-16-37/h9,13,17-18,21,25-27,29,34,37-38,44-45,48-50,62-63H,6-8,10-12,14-16,19-20,22-24,28,30-33H2,1-5H3,(H,61,68)/t34-,44-,45-,48?,49+,50?,58-/m0/s1.